The van der Waals surface area contributed by atoms with Crippen molar-refractivity contribution in [2.45, 2.75) is 38.8 Å². The first kappa shape index (κ1) is 13.9. The summed E-state index contributed by atoms with van der Waals surface area (Å²) in [4.78, 5) is 14.3. The van der Waals surface area contributed by atoms with Crippen LogP contribution in [0.15, 0.2) is 24.3 Å². The fourth-order valence-corrected chi connectivity index (χ4v) is 2.42. The maximum Gasteiger partial charge on any atom is 0.251 e. The zero-order valence-electron chi connectivity index (χ0n) is 11.5. The lowest BCUT2D eigenvalue weighted by molar-refractivity contribution is -0.141. The second-order valence-electron chi connectivity index (χ2n) is 5.01. The van der Waals surface area contributed by atoms with Crippen LogP contribution in [0.4, 0.5) is 5.69 Å². The third-order valence-corrected chi connectivity index (χ3v) is 3.33. The molecule has 1 aromatic carbocycles. The molecular formula is C15H22N2O2. The summed E-state index contributed by atoms with van der Waals surface area (Å²) in [5.41, 5.74) is 7.58. The Morgan fingerprint density at radius 2 is 2.37 bits per heavy atom. The summed E-state index contributed by atoms with van der Waals surface area (Å²) < 4.78 is 5.49. The smallest absolute Gasteiger partial charge is 0.251 e. The SMILES string of the molecule is CCCN(Cc1cccc(N)c1)C(=O)C1CCCO1. The molecule has 1 heterocycles. The summed E-state index contributed by atoms with van der Waals surface area (Å²) in [7, 11) is 0. The minimum atomic E-state index is -0.243. The second kappa shape index (κ2) is 6.57. The number of amides is 1. The van der Waals surface area contributed by atoms with Crippen molar-refractivity contribution in [3.63, 3.8) is 0 Å². The maximum atomic E-state index is 12.4. The van der Waals surface area contributed by atoms with E-state index in [1.807, 2.05) is 29.2 Å². The number of rotatable bonds is 5. The number of hydrogen-bond acceptors (Lipinski definition) is 3. The zero-order valence-corrected chi connectivity index (χ0v) is 11.5. The van der Waals surface area contributed by atoms with Gasteiger partial charge in [-0.1, -0.05) is 19.1 Å². The average Bonchev–Trinajstić information content (AvgIpc) is 2.91. The number of carbonyl (C=O) groups is 1. The molecule has 1 aliphatic rings. The Balaban J connectivity index is 2.04. The predicted octanol–water partition coefficient (Wildman–Crippen LogP) is 2.19. The van der Waals surface area contributed by atoms with Gasteiger partial charge in [0.05, 0.1) is 0 Å². The number of ether oxygens (including phenoxy) is 1. The molecule has 1 fully saturated rings. The van der Waals surface area contributed by atoms with Crippen LogP contribution in [0.5, 0.6) is 0 Å². The summed E-state index contributed by atoms with van der Waals surface area (Å²) in [6, 6.07) is 7.70. The number of hydrogen-bond donors (Lipinski definition) is 1. The van der Waals surface area contributed by atoms with Crippen LogP contribution in [0, 0.1) is 0 Å². The highest BCUT2D eigenvalue weighted by Gasteiger charge is 2.27. The van der Waals surface area contributed by atoms with Crippen molar-refractivity contribution in [3.05, 3.63) is 29.8 Å². The van der Waals surface area contributed by atoms with E-state index in [4.69, 9.17) is 10.5 Å². The van der Waals surface area contributed by atoms with Gasteiger partial charge in [0.15, 0.2) is 0 Å². The Morgan fingerprint density at radius 1 is 1.53 bits per heavy atom. The van der Waals surface area contributed by atoms with Crippen molar-refractivity contribution in [1.82, 2.24) is 4.90 Å². The van der Waals surface area contributed by atoms with Gasteiger partial charge in [0, 0.05) is 25.4 Å². The molecular weight excluding hydrogens is 240 g/mol. The van der Waals surface area contributed by atoms with Gasteiger partial charge in [0.25, 0.3) is 5.91 Å². The molecule has 1 unspecified atom stereocenters. The van der Waals surface area contributed by atoms with Crippen LogP contribution in [-0.4, -0.2) is 30.1 Å². The fraction of sp³-hybridized carbons (Fsp3) is 0.533. The van der Waals surface area contributed by atoms with Gasteiger partial charge >= 0.3 is 0 Å². The van der Waals surface area contributed by atoms with E-state index in [-0.39, 0.29) is 12.0 Å². The Morgan fingerprint density at radius 3 is 3.00 bits per heavy atom. The summed E-state index contributed by atoms with van der Waals surface area (Å²) >= 11 is 0. The third-order valence-electron chi connectivity index (χ3n) is 3.33. The average molecular weight is 262 g/mol. The fourth-order valence-electron chi connectivity index (χ4n) is 2.42. The molecule has 0 saturated carbocycles. The number of nitrogens with two attached hydrogens (primary N) is 1. The minimum absolute atomic E-state index is 0.113. The standard InChI is InChI=1S/C15H22N2O2/c1-2-8-17(15(18)14-7-4-9-19-14)11-12-5-3-6-13(16)10-12/h3,5-6,10,14H,2,4,7-9,11,16H2,1H3. The molecule has 1 amide bonds. The van der Waals surface area contributed by atoms with E-state index in [0.717, 1.165) is 37.1 Å². The first-order valence-corrected chi connectivity index (χ1v) is 6.95. The number of anilines is 1. The molecule has 0 aromatic heterocycles. The lowest BCUT2D eigenvalue weighted by atomic mass is 10.1. The Bertz CT molecular complexity index is 428. The van der Waals surface area contributed by atoms with Gasteiger partial charge in [-0.25, -0.2) is 0 Å². The topological polar surface area (TPSA) is 55.6 Å². The van der Waals surface area contributed by atoms with Gasteiger partial charge in [-0.2, -0.15) is 0 Å². The first-order valence-electron chi connectivity index (χ1n) is 6.95. The number of nitrogen functional groups attached to an aromatic ring is 1. The lowest BCUT2D eigenvalue weighted by Crippen LogP contribution is -2.38. The van der Waals surface area contributed by atoms with Crippen LogP contribution < -0.4 is 5.73 Å². The van der Waals surface area contributed by atoms with Crippen molar-refractivity contribution in [1.29, 1.82) is 0 Å². The van der Waals surface area contributed by atoms with Crippen LogP contribution >= 0.6 is 0 Å². The van der Waals surface area contributed by atoms with E-state index in [9.17, 15) is 4.79 Å². The molecule has 104 valence electrons. The van der Waals surface area contributed by atoms with E-state index in [1.165, 1.54) is 0 Å². The molecule has 0 aliphatic carbocycles. The van der Waals surface area contributed by atoms with Gasteiger partial charge in [-0.3, -0.25) is 4.79 Å². The zero-order chi connectivity index (χ0) is 13.7. The van der Waals surface area contributed by atoms with Crippen molar-refractivity contribution in [2.75, 3.05) is 18.9 Å². The number of benzene rings is 1. The summed E-state index contributed by atoms with van der Waals surface area (Å²) in [6.07, 6.45) is 2.53. The largest absolute Gasteiger partial charge is 0.399 e. The summed E-state index contributed by atoms with van der Waals surface area (Å²) in [5, 5.41) is 0. The first-order chi connectivity index (χ1) is 9.20. The van der Waals surface area contributed by atoms with Crippen LogP contribution in [-0.2, 0) is 16.1 Å². The van der Waals surface area contributed by atoms with Crippen molar-refractivity contribution >= 4 is 11.6 Å². The molecule has 4 heteroatoms. The van der Waals surface area contributed by atoms with E-state index in [1.54, 1.807) is 0 Å². The van der Waals surface area contributed by atoms with Gasteiger partial charge in [0.1, 0.15) is 6.10 Å². The van der Waals surface area contributed by atoms with Crippen molar-refractivity contribution in [3.8, 4) is 0 Å². The van der Waals surface area contributed by atoms with Gasteiger partial charge in [-0.15, -0.1) is 0 Å². The van der Waals surface area contributed by atoms with E-state index in [2.05, 4.69) is 6.92 Å². The van der Waals surface area contributed by atoms with Crippen molar-refractivity contribution < 1.29 is 9.53 Å². The second-order valence-corrected chi connectivity index (χ2v) is 5.01. The Kier molecular flexibility index (Phi) is 4.80. The predicted molar refractivity (Wildman–Crippen MR) is 75.5 cm³/mol. The van der Waals surface area contributed by atoms with E-state index >= 15 is 0 Å². The van der Waals surface area contributed by atoms with Gasteiger partial charge < -0.3 is 15.4 Å². The lowest BCUT2D eigenvalue weighted by Gasteiger charge is -2.25. The molecule has 1 saturated heterocycles. The third kappa shape index (κ3) is 3.70. The number of carbonyl (C=O) groups excluding carboxylic acids is 1. The molecule has 0 radical (unpaired) electrons. The Labute approximate surface area is 114 Å². The molecule has 1 aliphatic heterocycles. The van der Waals surface area contributed by atoms with Gasteiger partial charge in [-0.05, 0) is 37.0 Å². The molecule has 0 spiro atoms. The van der Waals surface area contributed by atoms with Crippen LogP contribution in [0.3, 0.4) is 0 Å². The van der Waals surface area contributed by atoms with Gasteiger partial charge in [0.2, 0.25) is 0 Å². The minimum Gasteiger partial charge on any atom is -0.399 e. The van der Waals surface area contributed by atoms with Crippen molar-refractivity contribution in [2.24, 2.45) is 0 Å². The molecule has 4 nitrogen and oxygen atoms in total. The Hall–Kier alpha value is -1.55. The highest BCUT2D eigenvalue weighted by molar-refractivity contribution is 5.81. The molecule has 19 heavy (non-hydrogen) atoms. The number of nitrogens with zero attached hydrogens (tertiary/aromatic N) is 1. The quantitative estimate of drug-likeness (QED) is 0.828. The maximum absolute atomic E-state index is 12.4. The highest BCUT2D eigenvalue weighted by atomic mass is 16.5. The van der Waals surface area contributed by atoms with Crippen LogP contribution in [0.1, 0.15) is 31.7 Å². The van der Waals surface area contributed by atoms with Crippen LogP contribution in [0.2, 0.25) is 0 Å². The normalized spacial score (nSPS) is 18.5. The monoisotopic (exact) mass is 262 g/mol. The van der Waals surface area contributed by atoms with E-state index in [0.29, 0.717) is 13.2 Å². The van der Waals surface area contributed by atoms with E-state index < -0.39 is 0 Å². The summed E-state index contributed by atoms with van der Waals surface area (Å²) in [5.74, 6) is 0.113. The highest BCUT2D eigenvalue weighted by Crippen LogP contribution is 2.17. The van der Waals surface area contributed by atoms with Crippen LogP contribution in [0.25, 0.3) is 0 Å². The summed E-state index contributed by atoms with van der Waals surface area (Å²) in [6.45, 7) is 4.15. The molecule has 2 N–H and O–H groups in total. The molecule has 1 atom stereocenters. The molecule has 0 bridgehead atoms. The molecule has 1 aromatic rings. The molecule has 2 rings (SSSR count).